The van der Waals surface area contributed by atoms with E-state index < -0.39 is 16.2 Å². The van der Waals surface area contributed by atoms with Gasteiger partial charge in [-0.2, -0.15) is 0 Å². The molecular weight excluding hydrogens is 943 g/mol. The zero-order chi connectivity index (χ0) is 17.2. The van der Waals surface area contributed by atoms with Gasteiger partial charge >= 0.3 is 0 Å². The van der Waals surface area contributed by atoms with Crippen LogP contribution < -0.4 is 0 Å². The Kier molecular flexibility index (Phi) is 7.22. The Labute approximate surface area is 213 Å². The van der Waals surface area contributed by atoms with Crippen LogP contribution in [0.1, 0.15) is 11.5 Å². The monoisotopic (exact) mass is 939 g/mol. The van der Waals surface area contributed by atoms with E-state index in [0.29, 0.717) is 0 Å². The maximum absolute atomic E-state index is 3.88. The molecule has 1 fully saturated rings. The first-order valence-corrected chi connectivity index (χ1v) is 13.6. The SMILES string of the molecule is BrC1(Br)C(c2ccccc2)C(Br)(Br)C(Br)(Br)C(Br)(Br)C1(Br)Br. The van der Waals surface area contributed by atoms with Gasteiger partial charge in [-0.05, 0) is 5.56 Å². The maximum Gasteiger partial charge on any atom is 0.135 e. The van der Waals surface area contributed by atoms with Gasteiger partial charge in [0, 0.05) is 5.92 Å². The first-order chi connectivity index (χ1) is 9.73. The van der Waals surface area contributed by atoms with Gasteiger partial charge in [0.2, 0.25) is 0 Å². The minimum Gasteiger partial charge on any atom is -0.0693 e. The summed E-state index contributed by atoms with van der Waals surface area (Å²) >= 11 is 38.4. The second kappa shape index (κ2) is 7.12. The van der Waals surface area contributed by atoms with Gasteiger partial charge < -0.3 is 0 Å². The van der Waals surface area contributed by atoms with Gasteiger partial charge in [0.05, 0.1) is 0 Å². The van der Waals surface area contributed by atoms with E-state index in [4.69, 9.17) is 0 Å². The van der Waals surface area contributed by atoms with Crippen LogP contribution in [0.4, 0.5) is 0 Å². The molecule has 1 aromatic carbocycles. The van der Waals surface area contributed by atoms with Crippen LogP contribution in [0.5, 0.6) is 0 Å². The van der Waals surface area contributed by atoms with Crippen molar-refractivity contribution in [2.45, 2.75) is 22.1 Å². The lowest BCUT2D eigenvalue weighted by Crippen LogP contribution is -2.70. The average Bonchev–Trinajstić information content (AvgIpc) is 2.37. The van der Waals surface area contributed by atoms with Crippen LogP contribution in [-0.2, 0) is 0 Å². The number of alkyl halides is 10. The lowest BCUT2D eigenvalue weighted by Gasteiger charge is -2.62. The number of rotatable bonds is 1. The Morgan fingerprint density at radius 1 is 0.545 bits per heavy atom. The van der Waals surface area contributed by atoms with Gasteiger partial charge in [0.25, 0.3) is 0 Å². The topological polar surface area (TPSA) is 0 Å². The third kappa shape index (κ3) is 3.11. The first-order valence-electron chi connectivity index (χ1n) is 5.67. The summed E-state index contributed by atoms with van der Waals surface area (Å²) in [5.74, 6) is -0.0399. The Bertz CT molecular complexity index is 533. The molecule has 10 heteroatoms. The van der Waals surface area contributed by atoms with Crippen molar-refractivity contribution < 1.29 is 0 Å². The first kappa shape index (κ1) is 22.3. The third-order valence-corrected chi connectivity index (χ3v) is 23.5. The Morgan fingerprint density at radius 2 is 0.909 bits per heavy atom. The van der Waals surface area contributed by atoms with Crippen LogP contribution in [0.15, 0.2) is 30.3 Å². The van der Waals surface area contributed by atoms with E-state index in [9.17, 15) is 0 Å². The van der Waals surface area contributed by atoms with E-state index in [1.807, 2.05) is 18.2 Å². The van der Waals surface area contributed by atoms with Crippen molar-refractivity contribution in [3.63, 3.8) is 0 Å². The largest absolute Gasteiger partial charge is 0.135 e. The molecule has 0 bridgehead atoms. The highest BCUT2D eigenvalue weighted by Gasteiger charge is 2.79. The number of hydrogen-bond acceptors (Lipinski definition) is 0. The van der Waals surface area contributed by atoms with Crippen molar-refractivity contribution in [1.82, 2.24) is 0 Å². The number of benzene rings is 1. The summed E-state index contributed by atoms with van der Waals surface area (Å²) in [6.45, 7) is 0. The van der Waals surface area contributed by atoms with E-state index >= 15 is 0 Å². The van der Waals surface area contributed by atoms with Crippen LogP contribution in [0, 0.1) is 0 Å². The van der Waals surface area contributed by atoms with Crippen molar-refractivity contribution in [2.24, 2.45) is 0 Å². The van der Waals surface area contributed by atoms with Crippen LogP contribution in [0.25, 0.3) is 0 Å². The lowest BCUT2D eigenvalue weighted by molar-refractivity contribution is 0.438. The molecule has 0 heterocycles. The molecule has 0 aromatic heterocycles. The molecule has 0 N–H and O–H groups in total. The minimum atomic E-state index is -0.648. The van der Waals surface area contributed by atoms with Crippen molar-refractivity contribution in [3.8, 4) is 0 Å². The van der Waals surface area contributed by atoms with Gasteiger partial charge in [0.1, 0.15) is 16.2 Å². The number of hydrogen-bond donors (Lipinski definition) is 0. The molecule has 0 spiro atoms. The summed E-state index contributed by atoms with van der Waals surface area (Å²) in [4.78, 5) is 0. The van der Waals surface area contributed by atoms with Gasteiger partial charge in [-0.25, -0.2) is 0 Å². The molecule has 0 radical (unpaired) electrons. The predicted octanol–water partition coefficient (Wildman–Crippen LogP) is 9.21. The van der Waals surface area contributed by atoms with Crippen LogP contribution in [0.3, 0.4) is 0 Å². The highest BCUT2D eigenvalue weighted by Crippen LogP contribution is 2.80. The molecule has 0 unspecified atom stereocenters. The Balaban J connectivity index is 2.78. The van der Waals surface area contributed by atoms with Crippen molar-refractivity contribution in [3.05, 3.63) is 35.9 Å². The highest BCUT2D eigenvalue weighted by molar-refractivity contribution is 9.35. The molecule has 124 valence electrons. The van der Waals surface area contributed by atoms with Gasteiger partial charge in [-0.3, -0.25) is 0 Å². The number of halogens is 10. The summed E-state index contributed by atoms with van der Waals surface area (Å²) < 4.78 is -3.04. The fraction of sp³-hybridized carbons (Fsp3) is 0.500. The quantitative estimate of drug-likeness (QED) is 0.247. The third-order valence-electron chi connectivity index (χ3n) is 3.48. The van der Waals surface area contributed by atoms with Crippen molar-refractivity contribution >= 4 is 159 Å². The molecule has 1 saturated carbocycles. The van der Waals surface area contributed by atoms with Gasteiger partial charge in [-0.15, -0.1) is 0 Å². The van der Waals surface area contributed by atoms with E-state index in [2.05, 4.69) is 171 Å². The fourth-order valence-electron chi connectivity index (χ4n) is 2.27. The molecule has 0 nitrogen and oxygen atoms in total. The van der Waals surface area contributed by atoms with Crippen molar-refractivity contribution in [2.75, 3.05) is 0 Å². The summed E-state index contributed by atoms with van der Waals surface area (Å²) in [6, 6.07) is 10.3. The molecule has 0 amide bonds. The van der Waals surface area contributed by atoms with Crippen LogP contribution >= 0.6 is 159 Å². The highest BCUT2D eigenvalue weighted by atomic mass is 79.9. The minimum absolute atomic E-state index is 0.0399. The molecule has 2 rings (SSSR count). The summed E-state index contributed by atoms with van der Waals surface area (Å²) in [5.41, 5.74) is 1.15. The molecular formula is C12H6Br10. The van der Waals surface area contributed by atoms with Crippen LogP contribution in [0.2, 0.25) is 0 Å². The fourth-order valence-corrected chi connectivity index (χ4v) is 13.7. The summed E-state index contributed by atoms with van der Waals surface area (Å²) in [6.07, 6.45) is 0. The van der Waals surface area contributed by atoms with E-state index in [1.54, 1.807) is 0 Å². The predicted molar refractivity (Wildman–Crippen MR) is 132 cm³/mol. The summed E-state index contributed by atoms with van der Waals surface area (Å²) in [7, 11) is 0. The smallest absolute Gasteiger partial charge is 0.0693 e. The molecule has 1 aliphatic rings. The van der Waals surface area contributed by atoms with Crippen LogP contribution in [-0.4, -0.2) is 16.2 Å². The van der Waals surface area contributed by atoms with E-state index in [1.165, 1.54) is 0 Å². The second-order valence-electron chi connectivity index (χ2n) is 4.81. The lowest BCUT2D eigenvalue weighted by atomic mass is 9.83. The summed E-state index contributed by atoms with van der Waals surface area (Å²) in [5, 5.41) is 0. The van der Waals surface area contributed by atoms with Gasteiger partial charge in [0.15, 0.2) is 0 Å². The second-order valence-corrected chi connectivity index (χ2v) is 22.3. The maximum atomic E-state index is 3.88. The Morgan fingerprint density at radius 3 is 1.27 bits per heavy atom. The van der Waals surface area contributed by atoms with Crippen molar-refractivity contribution in [1.29, 1.82) is 0 Å². The molecule has 0 atom stereocenters. The van der Waals surface area contributed by atoms with E-state index in [-0.39, 0.29) is 5.92 Å². The van der Waals surface area contributed by atoms with Gasteiger partial charge in [-0.1, -0.05) is 190 Å². The molecule has 0 saturated heterocycles. The molecule has 1 aliphatic carbocycles. The molecule has 22 heavy (non-hydrogen) atoms. The molecule has 1 aromatic rings. The van der Waals surface area contributed by atoms with E-state index in [0.717, 1.165) is 5.56 Å². The average molecular weight is 949 g/mol. The standard InChI is InChI=1S/C12H6Br10/c13-8(14)7(6-4-2-1-3-5-6)9(15,16)11(19,20)12(21,22)10(8,17)18/h1-5,7H. The Hall–Kier alpha value is 4.02. The molecule has 0 aliphatic heterocycles. The normalized spacial score (nSPS) is 28.3. The zero-order valence-corrected chi connectivity index (χ0v) is 26.1. The zero-order valence-electron chi connectivity index (χ0n) is 10.2.